The van der Waals surface area contributed by atoms with E-state index in [1.54, 1.807) is 11.8 Å². The number of hydrogen-bond donors (Lipinski definition) is 0. The lowest BCUT2D eigenvalue weighted by molar-refractivity contribution is 0.105. The van der Waals surface area contributed by atoms with Gasteiger partial charge in [-0.3, -0.25) is 4.79 Å². The number of Topliss-reactive ketones (excluding diaryl/α,β-unsaturated/α-hetero) is 1. The van der Waals surface area contributed by atoms with Crippen LogP contribution in [0, 0.1) is 18.8 Å². The summed E-state index contributed by atoms with van der Waals surface area (Å²) in [7, 11) is 0. The summed E-state index contributed by atoms with van der Waals surface area (Å²) in [4.78, 5) is 13.1. The van der Waals surface area contributed by atoms with Crippen LogP contribution in [0.1, 0.15) is 21.5 Å². The fourth-order valence-corrected chi connectivity index (χ4v) is 1.99. The highest BCUT2D eigenvalue weighted by Crippen LogP contribution is 2.14. The van der Waals surface area contributed by atoms with Crippen molar-refractivity contribution in [3.8, 4) is 11.8 Å². The molecule has 94 valence electrons. The molecule has 0 saturated heterocycles. The van der Waals surface area contributed by atoms with Gasteiger partial charge in [0.25, 0.3) is 0 Å². The summed E-state index contributed by atoms with van der Waals surface area (Å²) < 4.78 is 0. The minimum absolute atomic E-state index is 0.144. The third-order valence-corrected chi connectivity index (χ3v) is 3.47. The van der Waals surface area contributed by atoms with Crippen LogP contribution in [0.4, 0.5) is 0 Å². The van der Waals surface area contributed by atoms with E-state index in [0.29, 0.717) is 5.56 Å². The molecule has 0 fully saturated rings. The summed E-state index contributed by atoms with van der Waals surface area (Å²) in [5.41, 5.74) is 2.63. The minimum Gasteiger partial charge on any atom is -0.279 e. The average molecular weight is 266 g/mol. The van der Waals surface area contributed by atoms with Gasteiger partial charge in [0.05, 0.1) is 0 Å². The molecular formula is C17H14OS. The summed E-state index contributed by atoms with van der Waals surface area (Å²) in [5, 5.41) is 0. The molecular weight excluding hydrogens is 252 g/mol. The molecule has 2 heteroatoms. The van der Waals surface area contributed by atoms with Gasteiger partial charge in [0.2, 0.25) is 5.78 Å². The first-order valence-corrected chi connectivity index (χ1v) is 7.18. The maximum absolute atomic E-state index is 11.9. The molecule has 0 aliphatic carbocycles. The van der Waals surface area contributed by atoms with Crippen LogP contribution in [0.25, 0.3) is 0 Å². The molecule has 0 heterocycles. The zero-order valence-corrected chi connectivity index (χ0v) is 11.8. The SMILES string of the molecule is CSc1ccc(C#CC(=O)c2ccc(C)cc2)cc1. The minimum atomic E-state index is -0.144. The molecule has 2 aromatic carbocycles. The second-order valence-electron chi connectivity index (χ2n) is 4.17. The van der Waals surface area contributed by atoms with Crippen LogP contribution in [0.5, 0.6) is 0 Å². The van der Waals surface area contributed by atoms with Gasteiger partial charge in [-0.1, -0.05) is 35.7 Å². The van der Waals surface area contributed by atoms with Crippen LogP contribution in [0.2, 0.25) is 0 Å². The normalized spacial score (nSPS) is 9.58. The number of aryl methyl sites for hydroxylation is 1. The lowest BCUT2D eigenvalue weighted by atomic mass is 10.1. The largest absolute Gasteiger partial charge is 0.279 e. The third-order valence-electron chi connectivity index (χ3n) is 2.72. The Labute approximate surface area is 118 Å². The molecule has 0 bridgehead atoms. The molecule has 0 aliphatic rings. The second kappa shape index (κ2) is 6.26. The number of carbonyl (C=O) groups is 1. The van der Waals surface area contributed by atoms with Crippen LogP contribution in [-0.4, -0.2) is 12.0 Å². The van der Waals surface area contributed by atoms with Crippen LogP contribution < -0.4 is 0 Å². The van der Waals surface area contributed by atoms with E-state index in [0.717, 1.165) is 11.1 Å². The topological polar surface area (TPSA) is 17.1 Å². The Bertz CT molecular complexity index is 628. The average Bonchev–Trinajstić information content (AvgIpc) is 2.46. The van der Waals surface area contributed by atoms with Crippen LogP contribution in [0.3, 0.4) is 0 Å². The summed E-state index contributed by atoms with van der Waals surface area (Å²) in [6.45, 7) is 1.99. The van der Waals surface area contributed by atoms with E-state index in [4.69, 9.17) is 0 Å². The van der Waals surface area contributed by atoms with Crippen molar-refractivity contribution in [2.45, 2.75) is 11.8 Å². The standard InChI is InChI=1S/C17H14OS/c1-13-3-8-15(9-4-13)17(18)12-7-14-5-10-16(19-2)11-6-14/h3-6,8-11H,1-2H3. The molecule has 19 heavy (non-hydrogen) atoms. The molecule has 0 aliphatic heterocycles. The highest BCUT2D eigenvalue weighted by Gasteiger charge is 2.00. The predicted octanol–water partition coefficient (Wildman–Crippen LogP) is 3.95. The Balaban J connectivity index is 2.14. The molecule has 0 unspecified atom stereocenters. The van der Waals surface area contributed by atoms with E-state index >= 15 is 0 Å². The van der Waals surface area contributed by atoms with Crippen LogP contribution >= 0.6 is 11.8 Å². The number of benzene rings is 2. The smallest absolute Gasteiger partial charge is 0.236 e. The Morgan fingerprint density at radius 2 is 1.63 bits per heavy atom. The van der Waals surface area contributed by atoms with Crippen molar-refractivity contribution in [2.75, 3.05) is 6.26 Å². The molecule has 0 atom stereocenters. The number of rotatable bonds is 2. The van der Waals surface area contributed by atoms with Gasteiger partial charge in [-0.05, 0) is 43.4 Å². The maximum Gasteiger partial charge on any atom is 0.236 e. The highest BCUT2D eigenvalue weighted by atomic mass is 32.2. The van der Waals surface area contributed by atoms with E-state index in [-0.39, 0.29) is 5.78 Å². The summed E-state index contributed by atoms with van der Waals surface area (Å²) in [5.74, 6) is 5.43. The zero-order valence-electron chi connectivity index (χ0n) is 10.9. The number of thioether (sulfide) groups is 1. The molecule has 1 nitrogen and oxygen atoms in total. The lowest BCUT2D eigenvalue weighted by Gasteiger charge is -1.96. The summed E-state index contributed by atoms with van der Waals surface area (Å²) in [6, 6.07) is 15.3. The van der Waals surface area contributed by atoms with Crippen molar-refractivity contribution in [2.24, 2.45) is 0 Å². The molecule has 0 spiro atoms. The Kier molecular flexibility index (Phi) is 4.43. The zero-order chi connectivity index (χ0) is 13.7. The van der Waals surface area contributed by atoms with E-state index in [9.17, 15) is 4.79 Å². The van der Waals surface area contributed by atoms with E-state index in [1.165, 1.54) is 4.90 Å². The molecule has 0 aromatic heterocycles. The van der Waals surface area contributed by atoms with Gasteiger partial charge in [0, 0.05) is 16.0 Å². The van der Waals surface area contributed by atoms with Gasteiger partial charge in [0.1, 0.15) is 0 Å². The molecule has 2 rings (SSSR count). The highest BCUT2D eigenvalue weighted by molar-refractivity contribution is 7.98. The van der Waals surface area contributed by atoms with Gasteiger partial charge in [-0.15, -0.1) is 11.8 Å². The van der Waals surface area contributed by atoms with Crippen LogP contribution in [0.15, 0.2) is 53.4 Å². The van der Waals surface area contributed by atoms with Crippen molar-refractivity contribution in [1.29, 1.82) is 0 Å². The summed E-state index contributed by atoms with van der Waals surface area (Å²) in [6.07, 6.45) is 2.03. The van der Waals surface area contributed by atoms with E-state index < -0.39 is 0 Å². The van der Waals surface area contributed by atoms with E-state index in [1.807, 2.05) is 61.7 Å². The molecule has 2 aromatic rings. The van der Waals surface area contributed by atoms with E-state index in [2.05, 4.69) is 11.8 Å². The second-order valence-corrected chi connectivity index (χ2v) is 5.05. The summed E-state index contributed by atoms with van der Waals surface area (Å²) >= 11 is 1.68. The number of hydrogen-bond acceptors (Lipinski definition) is 2. The van der Waals surface area contributed by atoms with Crippen molar-refractivity contribution < 1.29 is 4.79 Å². The molecule has 0 N–H and O–H groups in total. The van der Waals surface area contributed by atoms with Gasteiger partial charge in [0.15, 0.2) is 0 Å². The lowest BCUT2D eigenvalue weighted by Crippen LogP contribution is -1.94. The maximum atomic E-state index is 11.9. The predicted molar refractivity (Wildman–Crippen MR) is 80.6 cm³/mol. The quantitative estimate of drug-likeness (QED) is 0.465. The molecule has 0 amide bonds. The Morgan fingerprint density at radius 3 is 2.21 bits per heavy atom. The number of carbonyl (C=O) groups excluding carboxylic acids is 1. The van der Waals surface area contributed by atoms with Gasteiger partial charge in [-0.25, -0.2) is 0 Å². The first-order chi connectivity index (χ1) is 9.19. The Morgan fingerprint density at radius 1 is 1.00 bits per heavy atom. The van der Waals surface area contributed by atoms with Gasteiger partial charge >= 0.3 is 0 Å². The van der Waals surface area contributed by atoms with Crippen molar-refractivity contribution in [3.05, 3.63) is 65.2 Å². The fourth-order valence-electron chi connectivity index (χ4n) is 1.58. The van der Waals surface area contributed by atoms with Crippen molar-refractivity contribution in [1.82, 2.24) is 0 Å². The van der Waals surface area contributed by atoms with Gasteiger partial charge in [-0.2, -0.15) is 0 Å². The Hall–Kier alpha value is -1.98. The van der Waals surface area contributed by atoms with Gasteiger partial charge < -0.3 is 0 Å². The van der Waals surface area contributed by atoms with Crippen molar-refractivity contribution >= 4 is 17.5 Å². The van der Waals surface area contributed by atoms with Crippen molar-refractivity contribution in [3.63, 3.8) is 0 Å². The third kappa shape index (κ3) is 3.74. The molecule has 0 radical (unpaired) electrons. The monoisotopic (exact) mass is 266 g/mol. The molecule has 0 saturated carbocycles. The van der Waals surface area contributed by atoms with Crippen LogP contribution in [-0.2, 0) is 0 Å². The number of ketones is 1. The first kappa shape index (κ1) is 13.5. The first-order valence-electron chi connectivity index (χ1n) is 5.96. The fraction of sp³-hybridized carbons (Fsp3) is 0.118.